The quantitative estimate of drug-likeness (QED) is 0.830. The Morgan fingerprint density at radius 3 is 2.76 bits per heavy atom. The molecule has 3 heteroatoms. The summed E-state index contributed by atoms with van der Waals surface area (Å²) < 4.78 is 5.62. The highest BCUT2D eigenvalue weighted by Crippen LogP contribution is 2.44. The van der Waals surface area contributed by atoms with Gasteiger partial charge in [0, 0.05) is 5.54 Å². The topological polar surface area (TPSA) is 35.2 Å². The highest BCUT2D eigenvalue weighted by molar-refractivity contribution is 6.33. The predicted octanol–water partition coefficient (Wildman–Crippen LogP) is 3.63. The van der Waals surface area contributed by atoms with Crippen LogP contribution in [0.2, 0.25) is 5.02 Å². The Bertz CT molecular complexity index is 438. The minimum absolute atomic E-state index is 0.250. The number of ether oxygens (including phenoxy) is 1. The Hall–Kier alpha value is -0.990. The van der Waals surface area contributed by atoms with Crippen LogP contribution in [-0.2, 0) is 5.54 Å². The van der Waals surface area contributed by atoms with Crippen molar-refractivity contribution in [1.29, 1.82) is 0 Å². The van der Waals surface area contributed by atoms with Crippen LogP contribution in [0.25, 0.3) is 0 Å². The van der Waals surface area contributed by atoms with Crippen LogP contribution >= 0.6 is 11.6 Å². The third kappa shape index (κ3) is 2.48. The van der Waals surface area contributed by atoms with Gasteiger partial charge in [0.25, 0.3) is 0 Å². The lowest BCUT2D eigenvalue weighted by atomic mass is 9.73. The van der Waals surface area contributed by atoms with Gasteiger partial charge in [0.15, 0.2) is 0 Å². The Morgan fingerprint density at radius 1 is 1.53 bits per heavy atom. The molecule has 0 aliphatic heterocycles. The van der Waals surface area contributed by atoms with Crippen molar-refractivity contribution >= 4 is 11.6 Å². The number of rotatable bonds is 4. The first-order valence-electron chi connectivity index (χ1n) is 5.88. The second-order valence-electron chi connectivity index (χ2n) is 4.87. The molecule has 0 radical (unpaired) electrons. The number of halogens is 1. The van der Waals surface area contributed by atoms with Gasteiger partial charge in [-0.1, -0.05) is 30.3 Å². The molecule has 1 fully saturated rings. The van der Waals surface area contributed by atoms with Gasteiger partial charge in [-0.25, -0.2) is 0 Å². The molecular formula is C14H18ClNO. The number of hydrogen-bond donors (Lipinski definition) is 1. The van der Waals surface area contributed by atoms with Crippen molar-refractivity contribution in [2.45, 2.75) is 31.7 Å². The Labute approximate surface area is 107 Å². The standard InChI is InChI=1S/C14H18ClNO/c1-10(2)9-17-12-6-3-5-11(13(12)15)14(16)7-4-8-14/h3,5-6H,1,4,7-9,16H2,2H3. The summed E-state index contributed by atoms with van der Waals surface area (Å²) in [5.74, 6) is 0.698. The molecule has 0 spiro atoms. The van der Waals surface area contributed by atoms with Crippen molar-refractivity contribution in [3.05, 3.63) is 40.9 Å². The zero-order valence-corrected chi connectivity index (χ0v) is 10.9. The molecule has 92 valence electrons. The van der Waals surface area contributed by atoms with Crippen molar-refractivity contribution in [3.8, 4) is 5.75 Å². The van der Waals surface area contributed by atoms with E-state index < -0.39 is 0 Å². The van der Waals surface area contributed by atoms with Crippen LogP contribution in [0.3, 0.4) is 0 Å². The first-order valence-corrected chi connectivity index (χ1v) is 6.26. The predicted molar refractivity (Wildman–Crippen MR) is 71.5 cm³/mol. The average molecular weight is 252 g/mol. The van der Waals surface area contributed by atoms with E-state index in [1.54, 1.807) is 0 Å². The number of benzene rings is 1. The van der Waals surface area contributed by atoms with E-state index in [9.17, 15) is 0 Å². The zero-order chi connectivity index (χ0) is 12.5. The lowest BCUT2D eigenvalue weighted by Gasteiger charge is -2.39. The monoisotopic (exact) mass is 251 g/mol. The van der Waals surface area contributed by atoms with Crippen LogP contribution in [0.4, 0.5) is 0 Å². The molecule has 1 aliphatic rings. The van der Waals surface area contributed by atoms with E-state index in [2.05, 4.69) is 6.58 Å². The number of nitrogens with two attached hydrogens (primary N) is 1. The van der Waals surface area contributed by atoms with Crippen molar-refractivity contribution in [2.75, 3.05) is 6.61 Å². The Balaban J connectivity index is 2.24. The summed E-state index contributed by atoms with van der Waals surface area (Å²) in [5, 5.41) is 0.649. The molecule has 1 saturated carbocycles. The second-order valence-corrected chi connectivity index (χ2v) is 5.25. The molecule has 2 N–H and O–H groups in total. The molecule has 2 nitrogen and oxygen atoms in total. The highest BCUT2D eigenvalue weighted by atomic mass is 35.5. The van der Waals surface area contributed by atoms with Crippen molar-refractivity contribution in [3.63, 3.8) is 0 Å². The first kappa shape index (κ1) is 12.5. The summed E-state index contributed by atoms with van der Waals surface area (Å²) in [7, 11) is 0. The van der Waals surface area contributed by atoms with Gasteiger partial charge in [0.2, 0.25) is 0 Å². The van der Waals surface area contributed by atoms with Crippen LogP contribution in [0.1, 0.15) is 31.7 Å². The minimum Gasteiger partial charge on any atom is -0.488 e. The molecule has 0 atom stereocenters. The molecule has 0 saturated heterocycles. The molecule has 2 rings (SSSR count). The molecule has 17 heavy (non-hydrogen) atoms. The van der Waals surface area contributed by atoms with Crippen LogP contribution in [-0.4, -0.2) is 6.61 Å². The van der Waals surface area contributed by atoms with Crippen molar-refractivity contribution < 1.29 is 4.74 Å². The lowest BCUT2D eigenvalue weighted by Crippen LogP contribution is -2.43. The fraction of sp³-hybridized carbons (Fsp3) is 0.429. The Morgan fingerprint density at radius 2 is 2.24 bits per heavy atom. The smallest absolute Gasteiger partial charge is 0.138 e. The van der Waals surface area contributed by atoms with Crippen molar-refractivity contribution in [2.24, 2.45) is 5.73 Å². The fourth-order valence-electron chi connectivity index (χ4n) is 2.03. The summed E-state index contributed by atoms with van der Waals surface area (Å²) in [5.41, 5.74) is 8.02. The summed E-state index contributed by atoms with van der Waals surface area (Å²) >= 11 is 6.35. The largest absolute Gasteiger partial charge is 0.488 e. The maximum Gasteiger partial charge on any atom is 0.138 e. The van der Waals surface area contributed by atoms with E-state index in [4.69, 9.17) is 22.1 Å². The first-order chi connectivity index (χ1) is 8.03. The van der Waals surface area contributed by atoms with E-state index in [1.807, 2.05) is 25.1 Å². The van der Waals surface area contributed by atoms with Gasteiger partial charge in [-0.05, 0) is 43.4 Å². The minimum atomic E-state index is -0.250. The summed E-state index contributed by atoms with van der Waals surface area (Å²) in [6, 6.07) is 5.81. The molecule has 0 aromatic heterocycles. The molecule has 0 bridgehead atoms. The molecule has 1 aromatic carbocycles. The average Bonchev–Trinajstić information content (AvgIpc) is 2.24. The van der Waals surface area contributed by atoms with E-state index in [1.165, 1.54) is 6.42 Å². The van der Waals surface area contributed by atoms with Crippen LogP contribution in [0.5, 0.6) is 5.75 Å². The van der Waals surface area contributed by atoms with Crippen LogP contribution in [0, 0.1) is 0 Å². The van der Waals surface area contributed by atoms with E-state index in [0.29, 0.717) is 17.4 Å². The molecular weight excluding hydrogens is 234 g/mol. The molecule has 0 amide bonds. The normalized spacial score (nSPS) is 17.4. The molecule has 0 unspecified atom stereocenters. The van der Waals surface area contributed by atoms with Gasteiger partial charge < -0.3 is 10.5 Å². The maximum absolute atomic E-state index is 6.35. The van der Waals surface area contributed by atoms with E-state index >= 15 is 0 Å². The second kappa shape index (κ2) is 4.71. The molecule has 1 aliphatic carbocycles. The van der Waals surface area contributed by atoms with E-state index in [-0.39, 0.29) is 5.54 Å². The SMILES string of the molecule is C=C(C)COc1cccc(C2(N)CCC2)c1Cl. The number of hydrogen-bond acceptors (Lipinski definition) is 2. The van der Waals surface area contributed by atoms with Crippen molar-refractivity contribution in [1.82, 2.24) is 0 Å². The molecule has 1 aromatic rings. The van der Waals surface area contributed by atoms with Gasteiger partial charge in [0.1, 0.15) is 12.4 Å². The summed E-state index contributed by atoms with van der Waals surface area (Å²) in [6.07, 6.45) is 3.16. The summed E-state index contributed by atoms with van der Waals surface area (Å²) in [6.45, 7) is 6.22. The third-order valence-electron chi connectivity index (χ3n) is 3.22. The van der Waals surface area contributed by atoms with Gasteiger partial charge in [0.05, 0.1) is 5.02 Å². The van der Waals surface area contributed by atoms with Crippen LogP contribution < -0.4 is 10.5 Å². The van der Waals surface area contributed by atoms with Crippen LogP contribution in [0.15, 0.2) is 30.4 Å². The lowest BCUT2D eigenvalue weighted by molar-refractivity contribution is 0.252. The zero-order valence-electron chi connectivity index (χ0n) is 10.1. The highest BCUT2D eigenvalue weighted by Gasteiger charge is 2.36. The maximum atomic E-state index is 6.35. The summed E-state index contributed by atoms with van der Waals surface area (Å²) in [4.78, 5) is 0. The fourth-order valence-corrected chi connectivity index (χ4v) is 2.40. The third-order valence-corrected chi connectivity index (χ3v) is 3.61. The van der Waals surface area contributed by atoms with Gasteiger partial charge in [-0.15, -0.1) is 0 Å². The Kier molecular flexibility index (Phi) is 3.45. The van der Waals surface area contributed by atoms with Gasteiger partial charge in [-0.2, -0.15) is 0 Å². The van der Waals surface area contributed by atoms with Gasteiger partial charge in [-0.3, -0.25) is 0 Å². The van der Waals surface area contributed by atoms with Gasteiger partial charge >= 0.3 is 0 Å². The van der Waals surface area contributed by atoms with E-state index in [0.717, 1.165) is 24.0 Å². The molecule has 0 heterocycles.